The largest absolute Gasteiger partial charge is 0.397 e. The summed E-state index contributed by atoms with van der Waals surface area (Å²) in [5.74, 6) is -0.203. The quantitative estimate of drug-likeness (QED) is 0.685. The minimum absolute atomic E-state index is 0. The second-order valence-corrected chi connectivity index (χ2v) is 3.09. The van der Waals surface area contributed by atoms with E-state index in [4.69, 9.17) is 11.5 Å². The van der Waals surface area contributed by atoms with Gasteiger partial charge in [-0.3, -0.25) is 4.79 Å². The highest BCUT2D eigenvalue weighted by Crippen LogP contribution is 2.16. The number of nitrogens with one attached hydrogen (secondary N) is 1. The zero-order chi connectivity index (χ0) is 10.6. The van der Waals surface area contributed by atoms with Gasteiger partial charge in [-0.2, -0.15) is 0 Å². The van der Waals surface area contributed by atoms with Crippen LogP contribution in [-0.2, 0) is 4.79 Å². The predicted molar refractivity (Wildman–Crippen MR) is 65.0 cm³/mol. The molecule has 0 fully saturated rings. The first-order chi connectivity index (χ1) is 6.65. The van der Waals surface area contributed by atoms with Crippen molar-refractivity contribution in [1.82, 2.24) is 0 Å². The fourth-order valence-corrected chi connectivity index (χ4v) is 1.02. The molecule has 0 spiro atoms. The van der Waals surface area contributed by atoms with Gasteiger partial charge in [-0.15, -0.1) is 12.4 Å². The second-order valence-electron chi connectivity index (χ2n) is 3.09. The zero-order valence-corrected chi connectivity index (χ0v) is 9.38. The maximum atomic E-state index is 11.4. The molecule has 1 aromatic carbocycles. The molecule has 5 heteroatoms. The highest BCUT2D eigenvalue weighted by Gasteiger charge is 2.11. The van der Waals surface area contributed by atoms with Gasteiger partial charge in [-0.25, -0.2) is 0 Å². The number of hydrogen-bond donors (Lipinski definition) is 3. The minimum atomic E-state index is -0.477. The van der Waals surface area contributed by atoms with E-state index in [0.717, 1.165) is 0 Å². The standard InChI is InChI=1S/C10H15N3O.ClH/c1-2-7(11)10(14)13-9-6-4-3-5-8(9)12;/h3-7H,2,11-12H2,1H3,(H,13,14);1H. The van der Waals surface area contributed by atoms with Crippen LogP contribution in [0.3, 0.4) is 0 Å². The summed E-state index contributed by atoms with van der Waals surface area (Å²) < 4.78 is 0. The topological polar surface area (TPSA) is 81.1 Å². The molecule has 1 amide bonds. The molecule has 0 saturated carbocycles. The van der Waals surface area contributed by atoms with Gasteiger partial charge in [0.1, 0.15) is 0 Å². The average molecular weight is 230 g/mol. The summed E-state index contributed by atoms with van der Waals surface area (Å²) in [5, 5.41) is 2.67. The van der Waals surface area contributed by atoms with Crippen LogP contribution in [0.1, 0.15) is 13.3 Å². The van der Waals surface area contributed by atoms with Gasteiger partial charge in [-0.1, -0.05) is 19.1 Å². The van der Waals surface area contributed by atoms with Crippen LogP contribution in [-0.4, -0.2) is 11.9 Å². The Kier molecular flexibility index (Phi) is 5.74. The third kappa shape index (κ3) is 3.77. The molecule has 1 rings (SSSR count). The molecule has 1 aromatic rings. The zero-order valence-electron chi connectivity index (χ0n) is 8.57. The smallest absolute Gasteiger partial charge is 0.241 e. The summed E-state index contributed by atoms with van der Waals surface area (Å²) in [6.45, 7) is 1.86. The molecular weight excluding hydrogens is 214 g/mol. The number of nitrogen functional groups attached to an aromatic ring is 1. The van der Waals surface area contributed by atoms with Crippen LogP contribution >= 0.6 is 12.4 Å². The Hall–Kier alpha value is -1.26. The van der Waals surface area contributed by atoms with E-state index in [1.165, 1.54) is 0 Å². The number of hydrogen-bond acceptors (Lipinski definition) is 3. The monoisotopic (exact) mass is 229 g/mol. The summed E-state index contributed by atoms with van der Waals surface area (Å²) in [4.78, 5) is 11.4. The van der Waals surface area contributed by atoms with Gasteiger partial charge in [-0.05, 0) is 18.6 Å². The third-order valence-corrected chi connectivity index (χ3v) is 2.00. The van der Waals surface area contributed by atoms with Crippen molar-refractivity contribution in [1.29, 1.82) is 0 Å². The average Bonchev–Trinajstić information content (AvgIpc) is 2.20. The molecule has 1 atom stereocenters. The van der Waals surface area contributed by atoms with E-state index >= 15 is 0 Å². The maximum Gasteiger partial charge on any atom is 0.241 e. The molecule has 0 aromatic heterocycles. The van der Waals surface area contributed by atoms with Gasteiger partial charge in [0.05, 0.1) is 17.4 Å². The Bertz CT molecular complexity index is 330. The molecular formula is C10H16ClN3O. The first-order valence-corrected chi connectivity index (χ1v) is 4.56. The number of amides is 1. The fourth-order valence-electron chi connectivity index (χ4n) is 1.02. The number of carbonyl (C=O) groups excluding carboxylic acids is 1. The molecule has 0 aliphatic carbocycles. The van der Waals surface area contributed by atoms with Gasteiger partial charge >= 0.3 is 0 Å². The molecule has 84 valence electrons. The third-order valence-electron chi connectivity index (χ3n) is 2.00. The van der Waals surface area contributed by atoms with E-state index in [1.807, 2.05) is 19.1 Å². The normalized spacial score (nSPS) is 11.3. The van der Waals surface area contributed by atoms with Gasteiger partial charge in [0.2, 0.25) is 5.91 Å². The first-order valence-electron chi connectivity index (χ1n) is 4.56. The number of para-hydroxylation sites is 2. The van der Waals surface area contributed by atoms with Crippen molar-refractivity contribution in [2.24, 2.45) is 5.73 Å². The Balaban J connectivity index is 0.00000196. The lowest BCUT2D eigenvalue weighted by atomic mass is 10.2. The summed E-state index contributed by atoms with van der Waals surface area (Å²) in [6, 6.07) is 6.62. The van der Waals surface area contributed by atoms with E-state index < -0.39 is 6.04 Å². The van der Waals surface area contributed by atoms with Crippen molar-refractivity contribution >= 4 is 29.7 Å². The predicted octanol–water partition coefficient (Wildman–Crippen LogP) is 1.37. The number of halogens is 1. The molecule has 1 unspecified atom stereocenters. The van der Waals surface area contributed by atoms with Crippen LogP contribution in [0, 0.1) is 0 Å². The van der Waals surface area contributed by atoms with E-state index in [0.29, 0.717) is 17.8 Å². The van der Waals surface area contributed by atoms with Crippen molar-refractivity contribution in [2.45, 2.75) is 19.4 Å². The van der Waals surface area contributed by atoms with Crippen LogP contribution in [0.5, 0.6) is 0 Å². The number of anilines is 2. The van der Waals surface area contributed by atoms with E-state index in [-0.39, 0.29) is 18.3 Å². The van der Waals surface area contributed by atoms with E-state index in [2.05, 4.69) is 5.32 Å². The Labute approximate surface area is 95.4 Å². The summed E-state index contributed by atoms with van der Waals surface area (Å²) >= 11 is 0. The maximum absolute atomic E-state index is 11.4. The first kappa shape index (κ1) is 13.7. The number of rotatable bonds is 3. The Morgan fingerprint density at radius 2 is 2.07 bits per heavy atom. The summed E-state index contributed by atoms with van der Waals surface area (Å²) in [5.41, 5.74) is 12.4. The molecule has 15 heavy (non-hydrogen) atoms. The summed E-state index contributed by atoms with van der Waals surface area (Å²) in [7, 11) is 0. The molecule has 0 bridgehead atoms. The van der Waals surface area contributed by atoms with E-state index in [9.17, 15) is 4.79 Å². The van der Waals surface area contributed by atoms with Gasteiger partial charge < -0.3 is 16.8 Å². The molecule has 0 heterocycles. The summed E-state index contributed by atoms with van der Waals surface area (Å²) in [6.07, 6.45) is 0.610. The lowest BCUT2D eigenvalue weighted by Gasteiger charge is -2.11. The van der Waals surface area contributed by atoms with Crippen LogP contribution in [0.25, 0.3) is 0 Å². The van der Waals surface area contributed by atoms with Gasteiger partial charge in [0.25, 0.3) is 0 Å². The highest BCUT2D eigenvalue weighted by molar-refractivity contribution is 5.97. The van der Waals surface area contributed by atoms with Crippen molar-refractivity contribution in [2.75, 3.05) is 11.1 Å². The van der Waals surface area contributed by atoms with Gasteiger partial charge in [0, 0.05) is 0 Å². The van der Waals surface area contributed by atoms with Crippen molar-refractivity contribution in [3.8, 4) is 0 Å². The van der Waals surface area contributed by atoms with Crippen molar-refractivity contribution in [3.05, 3.63) is 24.3 Å². The molecule has 4 nitrogen and oxygen atoms in total. The molecule has 0 aliphatic heterocycles. The SMILES string of the molecule is CCC(N)C(=O)Nc1ccccc1N.Cl. The molecule has 0 radical (unpaired) electrons. The lowest BCUT2D eigenvalue weighted by Crippen LogP contribution is -2.34. The Morgan fingerprint density at radius 1 is 1.47 bits per heavy atom. The van der Waals surface area contributed by atoms with Crippen LogP contribution < -0.4 is 16.8 Å². The fraction of sp³-hybridized carbons (Fsp3) is 0.300. The molecule has 5 N–H and O–H groups in total. The molecule has 0 aliphatic rings. The number of benzene rings is 1. The van der Waals surface area contributed by atoms with E-state index in [1.54, 1.807) is 12.1 Å². The highest BCUT2D eigenvalue weighted by atomic mass is 35.5. The van der Waals surface area contributed by atoms with Crippen LogP contribution in [0.4, 0.5) is 11.4 Å². The van der Waals surface area contributed by atoms with Crippen molar-refractivity contribution < 1.29 is 4.79 Å². The second kappa shape index (κ2) is 6.27. The van der Waals surface area contributed by atoms with Crippen LogP contribution in [0.15, 0.2) is 24.3 Å². The molecule has 0 saturated heterocycles. The lowest BCUT2D eigenvalue weighted by molar-refractivity contribution is -0.117. The van der Waals surface area contributed by atoms with Crippen molar-refractivity contribution in [3.63, 3.8) is 0 Å². The van der Waals surface area contributed by atoms with Crippen LogP contribution in [0.2, 0.25) is 0 Å². The number of nitrogens with two attached hydrogens (primary N) is 2. The minimum Gasteiger partial charge on any atom is -0.397 e. The number of carbonyl (C=O) groups is 1. The van der Waals surface area contributed by atoms with Gasteiger partial charge in [0.15, 0.2) is 0 Å². The Morgan fingerprint density at radius 3 is 2.60 bits per heavy atom.